The summed E-state index contributed by atoms with van der Waals surface area (Å²) >= 11 is 0. The summed E-state index contributed by atoms with van der Waals surface area (Å²) in [7, 11) is 0. The molecule has 0 aromatic carbocycles. The molecule has 13 heteroatoms. The van der Waals surface area contributed by atoms with Crippen molar-refractivity contribution in [1.82, 2.24) is 0 Å². The lowest BCUT2D eigenvalue weighted by Gasteiger charge is -2.43. The molecule has 8 N–H and O–H groups in total. The van der Waals surface area contributed by atoms with Crippen LogP contribution in [0, 0.1) is 0 Å². The first-order valence-electron chi connectivity index (χ1n) is 8.09. The number of rotatable bonds is 8. The molecule has 0 unspecified atom stereocenters. The maximum absolute atomic E-state index is 10.5. The van der Waals surface area contributed by atoms with Gasteiger partial charge in [-0.2, -0.15) is 0 Å². The molecule has 0 amide bonds. The minimum absolute atomic E-state index is 0.478. The van der Waals surface area contributed by atoms with Crippen LogP contribution in [0.3, 0.4) is 0 Å². The second-order valence-corrected chi connectivity index (χ2v) is 6.29. The summed E-state index contributed by atoms with van der Waals surface area (Å²) in [4.78, 5) is 10.5. The second-order valence-electron chi connectivity index (χ2n) is 6.29. The Kier molecular flexibility index (Phi) is 7.46. The Hall–Kier alpha value is -0.970. The summed E-state index contributed by atoms with van der Waals surface area (Å²) in [6.07, 6.45) is -13.1. The molecule has 2 aliphatic heterocycles. The van der Waals surface area contributed by atoms with Crippen molar-refractivity contribution in [1.29, 1.82) is 0 Å². The number of aliphatic hydroxyl groups is 7. The van der Waals surface area contributed by atoms with Gasteiger partial charge in [-0.15, -0.1) is 0 Å². The molecule has 2 aliphatic rings. The lowest BCUT2D eigenvalue weighted by Crippen LogP contribution is -2.62. The van der Waals surface area contributed by atoms with Crippen LogP contribution in [0.2, 0.25) is 0 Å². The third-order valence-electron chi connectivity index (χ3n) is 4.40. The van der Waals surface area contributed by atoms with E-state index in [1.54, 1.807) is 0 Å². The van der Waals surface area contributed by atoms with E-state index in [9.17, 15) is 35.4 Å². The molecule has 0 bridgehead atoms. The van der Waals surface area contributed by atoms with E-state index in [4.69, 9.17) is 29.2 Å². The van der Waals surface area contributed by atoms with E-state index >= 15 is 0 Å². The van der Waals surface area contributed by atoms with E-state index in [1.165, 1.54) is 0 Å². The molecule has 2 heterocycles. The van der Waals surface area contributed by atoms with Crippen molar-refractivity contribution in [3.8, 4) is 0 Å². The SMILES string of the molecule is O=C(O)COC[C@H]1O[C@H](O[C@]2(CO)O[C@H](CO)[C@@H](O)[C@@H]2O)[C@H](O)[C@@H](O)[C@@H]1O. The highest BCUT2D eigenvalue weighted by atomic mass is 16.8. The third-order valence-corrected chi connectivity index (χ3v) is 4.40. The molecule has 0 spiro atoms. The molecule has 0 aromatic rings. The van der Waals surface area contributed by atoms with Crippen LogP contribution in [-0.2, 0) is 23.7 Å². The van der Waals surface area contributed by atoms with Crippen LogP contribution >= 0.6 is 0 Å². The molecule has 27 heavy (non-hydrogen) atoms. The largest absolute Gasteiger partial charge is 0.480 e. The van der Waals surface area contributed by atoms with E-state index in [-0.39, 0.29) is 0 Å². The maximum Gasteiger partial charge on any atom is 0.329 e. The van der Waals surface area contributed by atoms with Crippen LogP contribution in [0.1, 0.15) is 0 Å². The first-order chi connectivity index (χ1) is 12.7. The highest BCUT2D eigenvalue weighted by Gasteiger charge is 2.58. The number of ether oxygens (including phenoxy) is 4. The molecule has 0 saturated carbocycles. The molecule has 0 aliphatic carbocycles. The van der Waals surface area contributed by atoms with Gasteiger partial charge in [0.25, 0.3) is 0 Å². The van der Waals surface area contributed by atoms with Crippen molar-refractivity contribution in [3.63, 3.8) is 0 Å². The van der Waals surface area contributed by atoms with Gasteiger partial charge in [0.1, 0.15) is 55.9 Å². The molecule has 2 rings (SSSR count). The molecule has 158 valence electrons. The monoisotopic (exact) mass is 400 g/mol. The lowest BCUT2D eigenvalue weighted by atomic mass is 9.99. The highest BCUT2D eigenvalue weighted by Crippen LogP contribution is 2.35. The Balaban J connectivity index is 2.11. The van der Waals surface area contributed by atoms with Crippen molar-refractivity contribution in [3.05, 3.63) is 0 Å². The number of carboxylic acids is 1. The van der Waals surface area contributed by atoms with Gasteiger partial charge in [0, 0.05) is 0 Å². The first kappa shape index (κ1) is 22.3. The number of hydrogen-bond donors (Lipinski definition) is 8. The zero-order chi connectivity index (χ0) is 20.4. The maximum atomic E-state index is 10.5. The molecular weight excluding hydrogens is 376 g/mol. The van der Waals surface area contributed by atoms with E-state index < -0.39 is 87.2 Å². The normalized spacial score (nSPS) is 45.1. The molecule has 9 atom stereocenters. The van der Waals surface area contributed by atoms with Crippen LogP contribution in [0.15, 0.2) is 0 Å². The molecule has 2 fully saturated rings. The summed E-state index contributed by atoms with van der Waals surface area (Å²) in [6.45, 7) is -2.89. The van der Waals surface area contributed by atoms with Crippen LogP contribution in [0.5, 0.6) is 0 Å². The Morgan fingerprint density at radius 3 is 2.15 bits per heavy atom. The van der Waals surface area contributed by atoms with Crippen molar-refractivity contribution in [2.75, 3.05) is 26.4 Å². The van der Waals surface area contributed by atoms with E-state index in [2.05, 4.69) is 0 Å². The minimum Gasteiger partial charge on any atom is -0.480 e. The van der Waals surface area contributed by atoms with Crippen molar-refractivity contribution >= 4 is 5.97 Å². The Morgan fingerprint density at radius 1 is 0.963 bits per heavy atom. The Labute approximate surface area is 152 Å². The zero-order valence-corrected chi connectivity index (χ0v) is 14.1. The summed E-state index contributed by atoms with van der Waals surface area (Å²) < 4.78 is 20.5. The summed E-state index contributed by atoms with van der Waals surface area (Å²) in [5.41, 5.74) is 0. The molecule has 0 radical (unpaired) electrons. The Bertz CT molecular complexity index is 503. The van der Waals surface area contributed by atoms with Crippen LogP contribution in [0.4, 0.5) is 0 Å². The standard InChI is InChI=1S/C14H24O13/c15-1-5-9(20)12(23)14(4-16,26-5)27-13-11(22)10(21)8(19)6(25-13)2-24-3-7(17)18/h5-6,8-13,15-16,19-23H,1-4H2,(H,17,18)/t5-,6-,8-,9-,10+,11-,12+,13-,14+/m1/s1. The molecular formula is C14H24O13. The number of aliphatic carboxylic acids is 1. The van der Waals surface area contributed by atoms with E-state index in [0.717, 1.165) is 0 Å². The topological polar surface area (TPSA) is 216 Å². The van der Waals surface area contributed by atoms with Gasteiger partial charge in [-0.25, -0.2) is 4.79 Å². The van der Waals surface area contributed by atoms with Gasteiger partial charge < -0.3 is 59.8 Å². The molecule has 2 saturated heterocycles. The fourth-order valence-electron chi connectivity index (χ4n) is 2.88. The predicted octanol–water partition coefficient (Wildman–Crippen LogP) is -5.29. The van der Waals surface area contributed by atoms with Gasteiger partial charge in [0.05, 0.1) is 13.2 Å². The number of aliphatic hydroxyl groups excluding tert-OH is 7. The molecule has 13 nitrogen and oxygen atoms in total. The lowest BCUT2D eigenvalue weighted by molar-refractivity contribution is -0.384. The average Bonchev–Trinajstić information content (AvgIpc) is 2.88. The predicted molar refractivity (Wildman–Crippen MR) is 80.0 cm³/mol. The number of hydrogen-bond acceptors (Lipinski definition) is 12. The van der Waals surface area contributed by atoms with Crippen LogP contribution in [-0.4, -0.2) is 128 Å². The Morgan fingerprint density at radius 2 is 1.63 bits per heavy atom. The minimum atomic E-state index is -2.28. The van der Waals surface area contributed by atoms with Crippen molar-refractivity contribution < 1.29 is 64.6 Å². The van der Waals surface area contributed by atoms with Crippen molar-refractivity contribution in [2.45, 2.75) is 54.8 Å². The summed E-state index contributed by atoms with van der Waals surface area (Å²) in [5.74, 6) is -3.56. The van der Waals surface area contributed by atoms with Gasteiger partial charge in [0.2, 0.25) is 5.79 Å². The zero-order valence-electron chi connectivity index (χ0n) is 14.1. The van der Waals surface area contributed by atoms with Crippen LogP contribution < -0.4 is 0 Å². The van der Waals surface area contributed by atoms with Gasteiger partial charge in [-0.1, -0.05) is 0 Å². The first-order valence-corrected chi connectivity index (χ1v) is 8.09. The highest BCUT2D eigenvalue weighted by molar-refractivity contribution is 5.67. The second kappa shape index (κ2) is 9.02. The van der Waals surface area contributed by atoms with Gasteiger partial charge >= 0.3 is 5.97 Å². The van der Waals surface area contributed by atoms with Crippen molar-refractivity contribution in [2.24, 2.45) is 0 Å². The van der Waals surface area contributed by atoms with Gasteiger partial charge in [0.15, 0.2) is 6.29 Å². The summed E-state index contributed by atoms with van der Waals surface area (Å²) in [6, 6.07) is 0. The van der Waals surface area contributed by atoms with E-state index in [1.807, 2.05) is 0 Å². The third kappa shape index (κ3) is 4.55. The quantitative estimate of drug-likeness (QED) is 0.191. The fraction of sp³-hybridized carbons (Fsp3) is 0.929. The summed E-state index contributed by atoms with van der Waals surface area (Å²) in [5, 5.41) is 77.2. The number of carbonyl (C=O) groups is 1. The molecule has 0 aromatic heterocycles. The van der Waals surface area contributed by atoms with Crippen LogP contribution in [0.25, 0.3) is 0 Å². The number of carboxylic acid groups (broad SMARTS) is 1. The smallest absolute Gasteiger partial charge is 0.329 e. The van der Waals surface area contributed by atoms with Gasteiger partial charge in [-0.05, 0) is 0 Å². The van der Waals surface area contributed by atoms with Gasteiger partial charge in [-0.3, -0.25) is 0 Å². The fourth-order valence-corrected chi connectivity index (χ4v) is 2.88. The van der Waals surface area contributed by atoms with E-state index in [0.29, 0.717) is 0 Å². The average molecular weight is 400 g/mol.